The van der Waals surface area contributed by atoms with E-state index in [2.05, 4.69) is 86.7 Å². The van der Waals surface area contributed by atoms with Crippen LogP contribution in [0.1, 0.15) is 45.4 Å². The molecule has 150 valence electrons. The molecule has 0 aromatic carbocycles. The molecule has 0 aliphatic carbocycles. The highest BCUT2D eigenvalue weighted by molar-refractivity contribution is 9.09. The second-order valence-corrected chi connectivity index (χ2v) is 29.7. The molecule has 0 aromatic heterocycles. The van der Waals surface area contributed by atoms with E-state index >= 15 is 0 Å². The summed E-state index contributed by atoms with van der Waals surface area (Å²) in [6, 6.07) is 0.766. The van der Waals surface area contributed by atoms with Gasteiger partial charge in [-0.25, -0.2) is 0 Å². The van der Waals surface area contributed by atoms with Crippen molar-refractivity contribution in [3.63, 3.8) is 0 Å². The first-order valence-corrected chi connectivity index (χ1v) is 22.0. The lowest BCUT2D eigenvalue weighted by molar-refractivity contribution is 0.224. The Bertz CT molecular complexity index is 384. The lowest BCUT2D eigenvalue weighted by atomic mass is 10.1. The Morgan fingerprint density at radius 1 is 0.920 bits per heavy atom. The van der Waals surface area contributed by atoms with Crippen LogP contribution in [-0.4, -0.2) is 50.9 Å². The van der Waals surface area contributed by atoms with Gasteiger partial charge in [-0.2, -0.15) is 0 Å². The van der Waals surface area contributed by atoms with Gasteiger partial charge in [0.25, 0.3) is 0 Å². The number of likely N-dealkylation sites (tertiary alicyclic amines) is 1. The first-order chi connectivity index (χ1) is 11.2. The molecule has 0 aromatic rings. The minimum Gasteiger partial charge on any atom is -0.301 e. The van der Waals surface area contributed by atoms with Crippen LogP contribution in [0, 0.1) is 0 Å². The van der Waals surface area contributed by atoms with Crippen LogP contribution < -0.4 is 0 Å². The maximum Gasteiger partial charge on any atom is 0.0606 e. The van der Waals surface area contributed by atoms with Crippen molar-refractivity contribution in [1.29, 1.82) is 0 Å². The molecule has 5 heteroatoms. The summed E-state index contributed by atoms with van der Waals surface area (Å²) in [5, 5.41) is 0. The number of rotatable bonds is 9. The van der Waals surface area contributed by atoms with Crippen LogP contribution in [0.4, 0.5) is 0 Å². The molecule has 2 atom stereocenters. The molecule has 0 saturated carbocycles. The van der Waals surface area contributed by atoms with Gasteiger partial charge in [-0.15, -0.1) is 0 Å². The summed E-state index contributed by atoms with van der Waals surface area (Å²) >= 11 is 4.17. The van der Waals surface area contributed by atoms with Crippen LogP contribution in [0.15, 0.2) is 0 Å². The van der Waals surface area contributed by atoms with Gasteiger partial charge in [-0.3, -0.25) is 0 Å². The Morgan fingerprint density at radius 2 is 1.40 bits per heavy atom. The van der Waals surface area contributed by atoms with E-state index in [1.54, 1.807) is 0 Å². The summed E-state index contributed by atoms with van der Waals surface area (Å²) in [4.78, 5) is 3.81. The lowest BCUT2D eigenvalue weighted by Gasteiger charge is -2.65. The summed E-state index contributed by atoms with van der Waals surface area (Å²) < 4.78 is 0.560. The van der Waals surface area contributed by atoms with Crippen LogP contribution in [0.25, 0.3) is 0 Å². The highest BCUT2D eigenvalue weighted by Gasteiger charge is 2.64. The highest BCUT2D eigenvalue weighted by Crippen LogP contribution is 2.48. The fourth-order valence-electron chi connectivity index (χ4n) is 7.03. The van der Waals surface area contributed by atoms with Gasteiger partial charge in [0, 0.05) is 15.3 Å². The van der Waals surface area contributed by atoms with E-state index in [9.17, 15) is 0 Å². The summed E-state index contributed by atoms with van der Waals surface area (Å²) in [5.41, 5.74) is 0. The Morgan fingerprint density at radius 3 is 1.80 bits per heavy atom. The number of unbranched alkanes of at least 4 members (excludes halogenated alkanes) is 2. The third kappa shape index (κ3) is 4.75. The summed E-state index contributed by atoms with van der Waals surface area (Å²) in [7, 11) is -4.11. The van der Waals surface area contributed by atoms with E-state index in [0.717, 1.165) is 6.04 Å². The van der Waals surface area contributed by atoms with E-state index in [1.165, 1.54) is 45.1 Å². The van der Waals surface area contributed by atoms with Gasteiger partial charge in [0.15, 0.2) is 0 Å². The Labute approximate surface area is 170 Å². The minimum atomic E-state index is -1.37. The summed E-state index contributed by atoms with van der Waals surface area (Å²) in [5.74, 6) is 0. The molecule has 0 N–H and O–H groups in total. The molecule has 0 bridgehead atoms. The van der Waals surface area contributed by atoms with Crippen molar-refractivity contribution in [1.82, 2.24) is 4.90 Å². The third-order valence-corrected chi connectivity index (χ3v) is 28.4. The molecule has 1 saturated heterocycles. The van der Waals surface area contributed by atoms with Crippen molar-refractivity contribution in [2.24, 2.45) is 0 Å². The molecule has 1 aliphatic heterocycles. The molecule has 0 unspecified atom stereocenters. The zero-order chi connectivity index (χ0) is 19.7. The second kappa shape index (κ2) is 8.62. The lowest BCUT2D eigenvalue weighted by Crippen LogP contribution is -2.85. The van der Waals surface area contributed by atoms with Crippen molar-refractivity contribution in [3.8, 4) is 0 Å². The average molecular weight is 465 g/mol. The zero-order valence-corrected chi connectivity index (χ0v) is 23.5. The van der Waals surface area contributed by atoms with Crippen molar-refractivity contribution in [3.05, 3.63) is 0 Å². The molecular weight excluding hydrogens is 418 g/mol. The number of alkyl halides is 1. The van der Waals surface area contributed by atoms with Gasteiger partial charge in [0.05, 0.1) is 24.2 Å². The normalized spacial score (nSPS) is 22.4. The maximum absolute atomic E-state index is 4.17. The van der Waals surface area contributed by atoms with Gasteiger partial charge in [-0.05, 0) is 25.8 Å². The first kappa shape index (κ1) is 24.1. The van der Waals surface area contributed by atoms with Gasteiger partial charge in [-0.1, -0.05) is 101 Å². The van der Waals surface area contributed by atoms with Gasteiger partial charge in [0.2, 0.25) is 0 Å². The minimum absolute atomic E-state index is 0.560. The van der Waals surface area contributed by atoms with Gasteiger partial charge in [0.1, 0.15) is 0 Å². The van der Waals surface area contributed by atoms with Crippen LogP contribution in [-0.2, 0) is 0 Å². The van der Waals surface area contributed by atoms with E-state index in [0.29, 0.717) is 9.24 Å². The van der Waals surface area contributed by atoms with E-state index in [4.69, 9.17) is 0 Å². The predicted octanol–water partition coefficient (Wildman–Crippen LogP) is 7.17. The van der Waals surface area contributed by atoms with Crippen molar-refractivity contribution >= 4 is 40.2 Å². The van der Waals surface area contributed by atoms with Crippen LogP contribution >= 0.6 is 15.9 Å². The predicted molar refractivity (Wildman–Crippen MR) is 129 cm³/mol. The van der Waals surface area contributed by atoms with E-state index in [-0.39, 0.29) is 0 Å². The highest BCUT2D eigenvalue weighted by atomic mass is 79.9. The van der Waals surface area contributed by atoms with Crippen molar-refractivity contribution < 1.29 is 0 Å². The van der Waals surface area contributed by atoms with Crippen LogP contribution in [0.5, 0.6) is 0 Å². The van der Waals surface area contributed by atoms with Gasteiger partial charge >= 0.3 is 0 Å². The molecular formula is C20H46BrNSi3. The molecule has 25 heavy (non-hydrogen) atoms. The van der Waals surface area contributed by atoms with Crippen LogP contribution in [0.3, 0.4) is 0 Å². The summed E-state index contributed by atoms with van der Waals surface area (Å²) in [6.07, 6.45) is 8.27. The van der Waals surface area contributed by atoms with Crippen LogP contribution in [0.2, 0.25) is 58.9 Å². The third-order valence-electron chi connectivity index (χ3n) is 6.49. The number of hydrogen-bond acceptors (Lipinski definition) is 1. The van der Waals surface area contributed by atoms with E-state index < -0.39 is 24.2 Å². The van der Waals surface area contributed by atoms with E-state index in [1.807, 2.05) is 0 Å². The average Bonchev–Trinajstić information content (AvgIpc) is 2.83. The smallest absolute Gasteiger partial charge is 0.0606 e. The van der Waals surface area contributed by atoms with Gasteiger partial charge < -0.3 is 4.90 Å². The number of hydrogen-bond donors (Lipinski definition) is 0. The van der Waals surface area contributed by atoms with Crippen molar-refractivity contribution in [2.45, 2.75) is 120 Å². The summed E-state index contributed by atoms with van der Waals surface area (Å²) in [6.45, 7) is 27.8. The monoisotopic (exact) mass is 463 g/mol. The Balaban J connectivity index is 3.34. The fraction of sp³-hybridized carbons (Fsp3) is 1.00. The largest absolute Gasteiger partial charge is 0.301 e. The quantitative estimate of drug-likeness (QED) is 0.199. The zero-order valence-electron chi connectivity index (χ0n) is 18.9. The Hall–Kier alpha value is 1.09. The Kier molecular flexibility index (Phi) is 8.32. The molecule has 1 rings (SSSR count). The fourth-order valence-corrected chi connectivity index (χ4v) is 38.3. The second-order valence-electron chi connectivity index (χ2n) is 11.4. The number of nitrogens with zero attached hydrogens (tertiary/aromatic N) is 1. The molecule has 1 aliphatic rings. The molecule has 1 heterocycles. The molecule has 0 spiro atoms. The maximum atomic E-state index is 4.17. The SMILES string of the molecule is CCCCC[C@@H](Br)[C@H]1CCCN1C([Si](C)(C)C)([Si](C)(C)C)[Si](C)(C)C. The molecule has 1 fully saturated rings. The molecule has 0 amide bonds. The number of halogens is 1. The molecule has 1 nitrogen and oxygen atoms in total. The molecule has 0 radical (unpaired) electrons. The topological polar surface area (TPSA) is 3.24 Å². The first-order valence-electron chi connectivity index (χ1n) is 10.6. The van der Waals surface area contributed by atoms with Crippen molar-refractivity contribution in [2.75, 3.05) is 6.54 Å². The standard InChI is InChI=1S/C20H46BrNSi3/c1-11-12-13-15-18(21)19-16-14-17-22(19)20(23(2,3)4,24(5,6)7)25(8,9)10/h18-19H,11-17H2,1-10H3/t18-,19-/m1/s1.